The van der Waals surface area contributed by atoms with E-state index in [1.165, 1.54) is 12.1 Å². The minimum atomic E-state index is -0.343. The molecule has 0 amide bonds. The van der Waals surface area contributed by atoms with E-state index >= 15 is 0 Å². The number of methoxy groups -OCH3 is 1. The summed E-state index contributed by atoms with van der Waals surface area (Å²) in [6, 6.07) is 4.38. The number of thiocarbonyl (C=S) groups is 1. The van der Waals surface area contributed by atoms with Crippen molar-refractivity contribution in [3.8, 4) is 0 Å². The lowest BCUT2D eigenvalue weighted by Gasteiger charge is -2.11. The highest BCUT2D eigenvalue weighted by Crippen LogP contribution is 2.17. The van der Waals surface area contributed by atoms with Gasteiger partial charge < -0.3 is 20.5 Å². The van der Waals surface area contributed by atoms with Crippen LogP contribution in [-0.2, 0) is 9.47 Å². The standard InChI is InChI=1S/C14H21FN2O2S/c1-18-8-9-19-7-3-2-6-17-13-5-4-11(15)10-12(13)14(16)20/h4-5,10,17H,2-3,6-9H2,1H3,(H2,16,20). The second-order valence-electron chi connectivity index (χ2n) is 4.29. The van der Waals surface area contributed by atoms with Crippen molar-refractivity contribution in [2.24, 2.45) is 5.73 Å². The van der Waals surface area contributed by atoms with E-state index in [2.05, 4.69) is 5.32 Å². The molecule has 112 valence electrons. The van der Waals surface area contributed by atoms with Crippen LogP contribution < -0.4 is 11.1 Å². The summed E-state index contributed by atoms with van der Waals surface area (Å²) in [5.74, 6) is -0.343. The third-order valence-electron chi connectivity index (χ3n) is 2.71. The first-order valence-electron chi connectivity index (χ1n) is 6.55. The highest BCUT2D eigenvalue weighted by Gasteiger charge is 2.06. The summed E-state index contributed by atoms with van der Waals surface area (Å²) in [5, 5.41) is 3.21. The van der Waals surface area contributed by atoms with Crippen LogP contribution in [0.1, 0.15) is 18.4 Å². The minimum absolute atomic E-state index is 0.190. The predicted octanol–water partition coefficient (Wildman–Crippen LogP) is 2.31. The molecule has 0 heterocycles. The Morgan fingerprint density at radius 1 is 1.30 bits per heavy atom. The number of anilines is 1. The van der Waals surface area contributed by atoms with Gasteiger partial charge in [0.25, 0.3) is 0 Å². The number of ether oxygens (including phenoxy) is 2. The van der Waals surface area contributed by atoms with Crippen molar-refractivity contribution in [3.63, 3.8) is 0 Å². The van der Waals surface area contributed by atoms with Gasteiger partial charge in [0.05, 0.1) is 13.2 Å². The molecule has 0 saturated carbocycles. The summed E-state index contributed by atoms with van der Waals surface area (Å²) in [6.45, 7) is 2.70. The first kappa shape index (κ1) is 16.8. The van der Waals surface area contributed by atoms with Crippen molar-refractivity contribution >= 4 is 22.9 Å². The molecule has 0 aliphatic rings. The molecule has 0 atom stereocenters. The normalized spacial score (nSPS) is 10.5. The van der Waals surface area contributed by atoms with Crippen LogP contribution in [0.3, 0.4) is 0 Å². The van der Waals surface area contributed by atoms with Gasteiger partial charge in [0.2, 0.25) is 0 Å². The molecule has 1 rings (SSSR count). The summed E-state index contributed by atoms with van der Waals surface area (Å²) in [6.07, 6.45) is 1.89. The minimum Gasteiger partial charge on any atom is -0.389 e. The fourth-order valence-electron chi connectivity index (χ4n) is 1.67. The van der Waals surface area contributed by atoms with Gasteiger partial charge in [-0.15, -0.1) is 0 Å². The Labute approximate surface area is 124 Å². The largest absolute Gasteiger partial charge is 0.389 e. The molecule has 0 aromatic heterocycles. The summed E-state index contributed by atoms with van der Waals surface area (Å²) in [5.41, 5.74) is 6.88. The maximum atomic E-state index is 13.1. The van der Waals surface area contributed by atoms with Crippen LogP contribution in [0.25, 0.3) is 0 Å². The number of nitrogens with one attached hydrogen (secondary N) is 1. The second-order valence-corrected chi connectivity index (χ2v) is 4.73. The van der Waals surface area contributed by atoms with E-state index in [0.29, 0.717) is 25.4 Å². The van der Waals surface area contributed by atoms with Gasteiger partial charge in [-0.1, -0.05) is 12.2 Å². The Morgan fingerprint density at radius 3 is 2.80 bits per heavy atom. The quantitative estimate of drug-likeness (QED) is 0.513. The average Bonchev–Trinajstić information content (AvgIpc) is 2.43. The van der Waals surface area contributed by atoms with E-state index < -0.39 is 0 Å². The zero-order valence-electron chi connectivity index (χ0n) is 11.7. The van der Waals surface area contributed by atoms with Gasteiger partial charge in [0.15, 0.2) is 0 Å². The van der Waals surface area contributed by atoms with Crippen LogP contribution in [0.2, 0.25) is 0 Å². The van der Waals surface area contributed by atoms with Gasteiger partial charge in [-0.25, -0.2) is 4.39 Å². The number of halogens is 1. The predicted molar refractivity (Wildman–Crippen MR) is 82.7 cm³/mol. The highest BCUT2D eigenvalue weighted by atomic mass is 32.1. The third kappa shape index (κ3) is 6.27. The lowest BCUT2D eigenvalue weighted by Crippen LogP contribution is -2.14. The first-order valence-corrected chi connectivity index (χ1v) is 6.96. The zero-order valence-corrected chi connectivity index (χ0v) is 12.5. The molecule has 20 heavy (non-hydrogen) atoms. The number of benzene rings is 1. The van der Waals surface area contributed by atoms with Gasteiger partial charge in [0.1, 0.15) is 10.8 Å². The number of hydrogen-bond acceptors (Lipinski definition) is 4. The van der Waals surface area contributed by atoms with E-state index in [4.69, 9.17) is 27.4 Å². The molecule has 6 heteroatoms. The van der Waals surface area contributed by atoms with E-state index in [1.807, 2.05) is 0 Å². The smallest absolute Gasteiger partial charge is 0.124 e. The van der Waals surface area contributed by atoms with Crippen molar-refractivity contribution in [2.75, 3.05) is 38.8 Å². The van der Waals surface area contributed by atoms with Crippen molar-refractivity contribution < 1.29 is 13.9 Å². The average molecular weight is 300 g/mol. The van der Waals surface area contributed by atoms with Crippen LogP contribution in [0, 0.1) is 5.82 Å². The SMILES string of the molecule is COCCOCCCCNc1ccc(F)cc1C(N)=S. The van der Waals surface area contributed by atoms with Gasteiger partial charge >= 0.3 is 0 Å². The van der Waals surface area contributed by atoms with Gasteiger partial charge in [-0.2, -0.15) is 0 Å². The molecule has 0 spiro atoms. The van der Waals surface area contributed by atoms with Gasteiger partial charge in [0, 0.05) is 31.5 Å². The Balaban J connectivity index is 2.27. The molecule has 0 unspecified atom stereocenters. The molecule has 1 aromatic rings. The molecular weight excluding hydrogens is 279 g/mol. The fourth-order valence-corrected chi connectivity index (χ4v) is 1.84. The lowest BCUT2D eigenvalue weighted by molar-refractivity contribution is 0.0691. The second kappa shape index (κ2) is 9.63. The molecule has 0 fully saturated rings. The van der Waals surface area contributed by atoms with Crippen molar-refractivity contribution in [1.82, 2.24) is 0 Å². The Bertz CT molecular complexity index is 430. The van der Waals surface area contributed by atoms with E-state index in [0.717, 1.165) is 25.1 Å². The fraction of sp³-hybridized carbons (Fsp3) is 0.500. The molecule has 0 aliphatic heterocycles. The monoisotopic (exact) mass is 300 g/mol. The molecule has 0 radical (unpaired) electrons. The lowest BCUT2D eigenvalue weighted by atomic mass is 10.1. The van der Waals surface area contributed by atoms with Gasteiger partial charge in [-0.3, -0.25) is 0 Å². The molecule has 1 aromatic carbocycles. The molecule has 0 saturated heterocycles. The highest BCUT2D eigenvalue weighted by molar-refractivity contribution is 7.80. The van der Waals surface area contributed by atoms with Crippen LogP contribution in [0.5, 0.6) is 0 Å². The van der Waals surface area contributed by atoms with Crippen molar-refractivity contribution in [2.45, 2.75) is 12.8 Å². The summed E-state index contributed by atoms with van der Waals surface area (Å²) in [7, 11) is 1.65. The number of hydrogen-bond donors (Lipinski definition) is 2. The number of rotatable bonds is 10. The van der Waals surface area contributed by atoms with Crippen LogP contribution >= 0.6 is 12.2 Å². The van der Waals surface area contributed by atoms with Crippen LogP contribution in [0.15, 0.2) is 18.2 Å². The van der Waals surface area contributed by atoms with E-state index in [-0.39, 0.29) is 10.8 Å². The molecule has 3 N–H and O–H groups in total. The zero-order chi connectivity index (χ0) is 14.8. The van der Waals surface area contributed by atoms with E-state index in [9.17, 15) is 4.39 Å². The molecule has 0 bridgehead atoms. The van der Waals surface area contributed by atoms with E-state index in [1.54, 1.807) is 13.2 Å². The maximum Gasteiger partial charge on any atom is 0.124 e. The Hall–Kier alpha value is -1.24. The summed E-state index contributed by atoms with van der Waals surface area (Å²) >= 11 is 4.91. The molecule has 0 aliphatic carbocycles. The maximum absolute atomic E-state index is 13.1. The first-order chi connectivity index (χ1) is 9.65. The molecule has 4 nitrogen and oxygen atoms in total. The summed E-state index contributed by atoms with van der Waals surface area (Å²) < 4.78 is 23.4. The van der Waals surface area contributed by atoms with Gasteiger partial charge in [-0.05, 0) is 31.0 Å². The number of unbranched alkanes of at least 4 members (excludes halogenated alkanes) is 1. The van der Waals surface area contributed by atoms with Crippen molar-refractivity contribution in [1.29, 1.82) is 0 Å². The topological polar surface area (TPSA) is 56.5 Å². The van der Waals surface area contributed by atoms with Crippen molar-refractivity contribution in [3.05, 3.63) is 29.6 Å². The summed E-state index contributed by atoms with van der Waals surface area (Å²) in [4.78, 5) is 0.190. The van der Waals surface area contributed by atoms with Crippen LogP contribution in [-0.4, -0.2) is 38.5 Å². The Kier molecular flexibility index (Phi) is 8.10. The molecular formula is C14H21FN2O2S. The third-order valence-corrected chi connectivity index (χ3v) is 2.93. The number of nitrogens with two attached hydrogens (primary N) is 1. The van der Waals surface area contributed by atoms with Crippen LogP contribution in [0.4, 0.5) is 10.1 Å². The Morgan fingerprint density at radius 2 is 2.10 bits per heavy atom.